The summed E-state index contributed by atoms with van der Waals surface area (Å²) in [5.74, 6) is 1.21. The molecule has 0 unspecified atom stereocenters. The highest BCUT2D eigenvalue weighted by Crippen LogP contribution is 2.29. The summed E-state index contributed by atoms with van der Waals surface area (Å²) < 4.78 is 82.8. The molecule has 0 radical (unpaired) electrons. The molecule has 0 saturated heterocycles. The number of likely N-dealkylation sites (N-methyl/N-ethyl adjacent to an activating group) is 2. The van der Waals surface area contributed by atoms with Crippen molar-refractivity contribution in [2.24, 2.45) is 19.8 Å². The van der Waals surface area contributed by atoms with E-state index in [4.69, 9.17) is 24.7 Å². The van der Waals surface area contributed by atoms with Crippen LogP contribution in [0, 0.1) is 27.7 Å². The van der Waals surface area contributed by atoms with Crippen molar-refractivity contribution in [1.82, 2.24) is 27.7 Å². The first-order chi connectivity index (χ1) is 33.7. The van der Waals surface area contributed by atoms with Crippen molar-refractivity contribution in [2.45, 2.75) is 56.9 Å². The van der Waals surface area contributed by atoms with Crippen LogP contribution in [0.3, 0.4) is 0 Å². The van der Waals surface area contributed by atoms with Crippen molar-refractivity contribution in [1.29, 1.82) is 0 Å². The van der Waals surface area contributed by atoms with Crippen LogP contribution in [-0.4, -0.2) is 125 Å². The van der Waals surface area contributed by atoms with Gasteiger partial charge in [-0.15, -0.1) is 12.4 Å². The minimum atomic E-state index is -3.69. The Morgan fingerprint density at radius 1 is 0.667 bits per heavy atom. The average molecular weight is 1050 g/mol. The summed E-state index contributed by atoms with van der Waals surface area (Å²) >= 11 is 0. The molecule has 6 rings (SSSR count). The molecule has 0 atom stereocenters. The van der Waals surface area contributed by atoms with Gasteiger partial charge in [-0.3, -0.25) is 9.59 Å². The highest BCUT2D eigenvalue weighted by molar-refractivity contribution is 7.89. The van der Waals surface area contributed by atoms with Gasteiger partial charge in [-0.05, 0) is 91.8 Å². The van der Waals surface area contributed by atoms with Crippen LogP contribution in [0.15, 0.2) is 108 Å². The summed E-state index contributed by atoms with van der Waals surface area (Å²) in [6.07, 6.45) is 8.49. The maximum Gasteiger partial charge on any atom is 0.295 e. The number of imidazole rings is 2. The Hall–Kier alpha value is -5.97. The second kappa shape index (κ2) is 28.9. The molecule has 0 aliphatic carbocycles. The number of aromatic nitrogens is 4. The lowest BCUT2D eigenvalue weighted by atomic mass is 10.0. The topological polar surface area (TPSA) is 217 Å². The van der Waals surface area contributed by atoms with Gasteiger partial charge in [0.05, 0.1) is 61.3 Å². The lowest BCUT2D eigenvalue weighted by Crippen LogP contribution is -2.31. The summed E-state index contributed by atoms with van der Waals surface area (Å²) in [5.41, 5.74) is 14.3. The molecule has 0 spiro atoms. The number of hydrogen-bond donors (Lipinski definition) is 1. The summed E-state index contributed by atoms with van der Waals surface area (Å²) in [7, 11) is 2.64. The highest BCUT2D eigenvalue weighted by Gasteiger charge is 2.27. The summed E-state index contributed by atoms with van der Waals surface area (Å²) in [4.78, 5) is 31.3. The molecule has 0 amide bonds. The van der Waals surface area contributed by atoms with Gasteiger partial charge >= 0.3 is 0 Å². The number of halogens is 1. The Balaban J connectivity index is 0.000000314. The molecule has 6 aromatic rings. The van der Waals surface area contributed by atoms with Crippen LogP contribution in [0.1, 0.15) is 39.8 Å². The third-order valence-corrected chi connectivity index (χ3v) is 15.4. The van der Waals surface area contributed by atoms with Crippen molar-refractivity contribution in [3.05, 3.63) is 131 Å². The molecule has 2 heterocycles. The largest absolute Gasteiger partial charge is 0.497 e. The predicted molar refractivity (Wildman–Crippen MR) is 279 cm³/mol. The van der Waals surface area contributed by atoms with Crippen LogP contribution in [-0.2, 0) is 70.9 Å². The molecule has 4 aromatic carbocycles. The number of aryl methyl sites for hydroxylation is 7. The predicted octanol–water partition coefficient (Wildman–Crippen LogP) is 6.60. The number of rotatable bonds is 23. The summed E-state index contributed by atoms with van der Waals surface area (Å²) in [6, 6.07) is 22.9. The van der Waals surface area contributed by atoms with Crippen LogP contribution >= 0.6 is 12.4 Å². The SMILES string of the molecule is COc1cc(C)c(S(=O)(=O)N(C)CCOCC(=O)CCc2ccc(-c3cn(C)cn3)cc2)c(C)c1.COc1cc(C)c(S(=O)(=O)N(C)CCOCOC=O)c(C)c1.Cl.Cn1cnc(-c2ccc(CN)cc2)c1. The lowest BCUT2D eigenvalue weighted by molar-refractivity contribution is -0.140. The Kier molecular flexibility index (Phi) is 24.2. The number of hydrogen-bond acceptors (Lipinski definition) is 14. The first-order valence-electron chi connectivity index (χ1n) is 22.6. The van der Waals surface area contributed by atoms with E-state index in [1.807, 2.05) is 84.2 Å². The fourth-order valence-electron chi connectivity index (χ4n) is 7.26. The van der Waals surface area contributed by atoms with Gasteiger partial charge in [0.15, 0.2) is 12.6 Å². The van der Waals surface area contributed by atoms with Gasteiger partial charge < -0.3 is 38.6 Å². The molecule has 0 fully saturated rings. The summed E-state index contributed by atoms with van der Waals surface area (Å²) in [5, 5.41) is 0. The fraction of sp³-hybridized carbons (Fsp3) is 0.373. The monoisotopic (exact) mass is 1050 g/mol. The molecule has 72 heavy (non-hydrogen) atoms. The van der Waals surface area contributed by atoms with Crippen molar-refractivity contribution >= 4 is 44.7 Å². The summed E-state index contributed by atoms with van der Waals surface area (Å²) in [6.45, 7) is 8.12. The zero-order valence-corrected chi connectivity index (χ0v) is 45.1. The normalized spacial score (nSPS) is 11.2. The van der Waals surface area contributed by atoms with Gasteiger partial charge in [0.1, 0.15) is 18.1 Å². The maximum atomic E-state index is 13.0. The quantitative estimate of drug-likeness (QED) is 0.0407. The van der Waals surface area contributed by atoms with E-state index in [1.165, 1.54) is 29.8 Å². The Labute approximate surface area is 430 Å². The standard InChI is InChI=1S/C26H33N3O5S.C14H21NO6S.C11H13N3.ClH/c1-19-14-24(33-5)15-20(2)26(19)35(31,32)29(4)12-13-34-17-23(30)11-8-21-6-9-22(10-7-21)25-16-28(3)18-27-25;1-11-7-13(19-4)8-12(2)14(11)22(17,18)15(3)5-6-20-10-21-9-16;1-14-7-11(13-8-14)10-4-2-9(6-12)3-5-10;/h6-7,9-10,14-16,18H,8,11-13,17H2,1-5H3;7-9H,5-6,10H2,1-4H3;2-5,7-8H,6,12H2,1H3;1H. The van der Waals surface area contributed by atoms with Crippen LogP contribution < -0.4 is 15.2 Å². The first kappa shape index (κ1) is 60.3. The van der Waals surface area contributed by atoms with Gasteiger partial charge in [-0.2, -0.15) is 8.61 Å². The maximum absolute atomic E-state index is 13.0. The number of nitrogens with two attached hydrogens (primary N) is 1. The molecule has 18 nitrogen and oxygen atoms in total. The van der Waals surface area contributed by atoms with Gasteiger partial charge in [-0.25, -0.2) is 26.8 Å². The van der Waals surface area contributed by atoms with E-state index in [1.54, 1.807) is 71.7 Å². The van der Waals surface area contributed by atoms with E-state index < -0.39 is 20.0 Å². The first-order valence-corrected chi connectivity index (χ1v) is 25.4. The van der Waals surface area contributed by atoms with Crippen molar-refractivity contribution in [3.8, 4) is 34.0 Å². The fourth-order valence-corrected chi connectivity index (χ4v) is 10.4. The zero-order valence-electron chi connectivity index (χ0n) is 42.7. The molecule has 0 aliphatic heterocycles. The van der Waals surface area contributed by atoms with Gasteiger partial charge in [0.2, 0.25) is 20.0 Å². The van der Waals surface area contributed by atoms with Gasteiger partial charge in [-0.1, -0.05) is 48.5 Å². The molecular formula is C51H68ClN7O11S2. The van der Waals surface area contributed by atoms with E-state index in [0.29, 0.717) is 53.1 Å². The van der Waals surface area contributed by atoms with Gasteiger partial charge in [0, 0.05) is 77.8 Å². The molecule has 2 aromatic heterocycles. The second-order valence-electron chi connectivity index (χ2n) is 16.7. The Morgan fingerprint density at radius 3 is 1.43 bits per heavy atom. The van der Waals surface area contributed by atoms with E-state index in [2.05, 4.69) is 14.7 Å². The minimum Gasteiger partial charge on any atom is -0.497 e. The molecule has 392 valence electrons. The van der Waals surface area contributed by atoms with Crippen LogP contribution in [0.2, 0.25) is 0 Å². The average Bonchev–Trinajstić information content (AvgIpc) is 3.99. The number of benzene rings is 4. The molecular weight excluding hydrogens is 986 g/mol. The second-order valence-corrected chi connectivity index (χ2v) is 20.6. The van der Waals surface area contributed by atoms with Gasteiger partial charge in [0.25, 0.3) is 6.47 Å². The Morgan fingerprint density at radius 2 is 1.07 bits per heavy atom. The molecule has 21 heteroatoms. The minimum absolute atomic E-state index is 0. The van der Waals surface area contributed by atoms with Crippen molar-refractivity contribution in [2.75, 3.05) is 68.0 Å². The number of ether oxygens (including phenoxy) is 5. The number of methoxy groups -OCH3 is 2. The van der Waals surface area contributed by atoms with E-state index in [0.717, 1.165) is 33.6 Å². The molecule has 0 aliphatic rings. The number of ketones is 1. The number of Topliss-reactive ketones (excluding diaryl/α,β-unsaturated/α-hetero) is 1. The van der Waals surface area contributed by atoms with Crippen molar-refractivity contribution < 1.29 is 50.1 Å². The van der Waals surface area contributed by atoms with Crippen LogP contribution in [0.25, 0.3) is 22.5 Å². The number of carbonyl (C=O) groups is 2. The number of nitrogens with zero attached hydrogens (tertiary/aromatic N) is 6. The molecule has 0 saturated carbocycles. The van der Waals surface area contributed by atoms with Crippen LogP contribution in [0.4, 0.5) is 0 Å². The van der Waals surface area contributed by atoms with E-state index >= 15 is 0 Å². The van der Waals surface area contributed by atoms with E-state index in [-0.39, 0.29) is 74.2 Å². The lowest BCUT2D eigenvalue weighted by Gasteiger charge is -2.20. The van der Waals surface area contributed by atoms with Crippen molar-refractivity contribution in [3.63, 3.8) is 0 Å². The smallest absolute Gasteiger partial charge is 0.295 e. The number of carbonyl (C=O) groups excluding carboxylic acids is 2. The Bertz CT molecular complexity index is 2850. The highest BCUT2D eigenvalue weighted by atomic mass is 35.5. The van der Waals surface area contributed by atoms with E-state index in [9.17, 15) is 26.4 Å². The van der Waals surface area contributed by atoms with Crippen LogP contribution in [0.5, 0.6) is 11.5 Å². The molecule has 0 bridgehead atoms. The molecule has 2 N–H and O–H groups in total. The number of sulfonamides is 2. The third-order valence-electron chi connectivity index (χ3n) is 11.1. The zero-order chi connectivity index (χ0) is 52.3. The third kappa shape index (κ3) is 17.4.